The van der Waals surface area contributed by atoms with Crippen LogP contribution >= 0.6 is 15.9 Å². The van der Waals surface area contributed by atoms with Crippen LogP contribution in [0.4, 0.5) is 0 Å². The van der Waals surface area contributed by atoms with E-state index in [2.05, 4.69) is 36.2 Å². The summed E-state index contributed by atoms with van der Waals surface area (Å²) in [6.45, 7) is 4.23. The molecular formula is C15H14BrN5O. The van der Waals surface area contributed by atoms with Crippen LogP contribution in [0.25, 0.3) is 5.69 Å². The zero-order valence-electron chi connectivity index (χ0n) is 12.2. The van der Waals surface area contributed by atoms with E-state index in [9.17, 15) is 0 Å². The number of hydrogen-bond acceptors (Lipinski definition) is 5. The molecule has 0 unspecified atom stereocenters. The molecule has 3 aromatic rings. The van der Waals surface area contributed by atoms with Gasteiger partial charge in [-0.25, -0.2) is 14.6 Å². The molecule has 0 amide bonds. The summed E-state index contributed by atoms with van der Waals surface area (Å²) in [6.07, 6.45) is 5.25. The van der Waals surface area contributed by atoms with E-state index in [-0.39, 0.29) is 6.61 Å². The molecule has 0 aliphatic heterocycles. The van der Waals surface area contributed by atoms with Gasteiger partial charge in [-0.1, -0.05) is 21.1 Å². The number of rotatable bonds is 4. The first kappa shape index (κ1) is 14.6. The van der Waals surface area contributed by atoms with Crippen LogP contribution < -0.4 is 4.74 Å². The molecule has 0 aliphatic carbocycles. The van der Waals surface area contributed by atoms with Crippen molar-refractivity contribution in [1.82, 2.24) is 25.0 Å². The fourth-order valence-corrected chi connectivity index (χ4v) is 2.10. The van der Waals surface area contributed by atoms with Crippen LogP contribution in [0.5, 0.6) is 6.01 Å². The third kappa shape index (κ3) is 3.30. The van der Waals surface area contributed by atoms with Crippen LogP contribution in [0, 0.1) is 13.8 Å². The molecule has 0 saturated carbocycles. The maximum absolute atomic E-state index is 5.49. The van der Waals surface area contributed by atoms with Gasteiger partial charge in [-0.05, 0) is 43.2 Å². The van der Waals surface area contributed by atoms with Crippen LogP contribution in [0.3, 0.4) is 0 Å². The van der Waals surface area contributed by atoms with Crippen molar-refractivity contribution in [2.24, 2.45) is 0 Å². The van der Waals surface area contributed by atoms with Gasteiger partial charge in [0.25, 0.3) is 0 Å². The standard InChI is InChI=1S/C15H14BrN5O/c1-10-6-17-15(18-7-10)22-9-12-8-21(20-19-12)13-3-4-14(16)11(2)5-13/h3-8H,9H2,1-2H3. The minimum absolute atomic E-state index is 0.276. The van der Waals surface area contributed by atoms with Crippen molar-refractivity contribution in [3.05, 3.63) is 58.1 Å². The molecule has 2 heterocycles. The first-order valence-corrected chi connectivity index (χ1v) is 7.50. The molecule has 0 bridgehead atoms. The maximum Gasteiger partial charge on any atom is 0.316 e. The van der Waals surface area contributed by atoms with Crippen molar-refractivity contribution in [2.75, 3.05) is 0 Å². The van der Waals surface area contributed by atoms with Gasteiger partial charge in [0.15, 0.2) is 0 Å². The summed E-state index contributed by atoms with van der Waals surface area (Å²) in [6, 6.07) is 6.33. The average molecular weight is 360 g/mol. The highest BCUT2D eigenvalue weighted by molar-refractivity contribution is 9.10. The smallest absolute Gasteiger partial charge is 0.316 e. The van der Waals surface area contributed by atoms with Gasteiger partial charge in [-0.15, -0.1) is 5.10 Å². The lowest BCUT2D eigenvalue weighted by atomic mass is 10.2. The predicted molar refractivity (Wildman–Crippen MR) is 84.9 cm³/mol. The van der Waals surface area contributed by atoms with Crippen molar-refractivity contribution in [3.8, 4) is 11.7 Å². The summed E-state index contributed by atoms with van der Waals surface area (Å²) in [7, 11) is 0. The van der Waals surface area contributed by atoms with Gasteiger partial charge in [0.05, 0.1) is 11.9 Å². The number of aromatic nitrogens is 5. The normalized spacial score (nSPS) is 10.7. The first-order chi connectivity index (χ1) is 10.6. The first-order valence-electron chi connectivity index (χ1n) is 6.71. The molecular weight excluding hydrogens is 346 g/mol. The molecule has 0 saturated heterocycles. The molecule has 0 spiro atoms. The van der Waals surface area contributed by atoms with Gasteiger partial charge in [0, 0.05) is 16.9 Å². The summed E-state index contributed by atoms with van der Waals surface area (Å²) >= 11 is 3.48. The molecule has 3 rings (SSSR count). The van der Waals surface area contributed by atoms with Gasteiger partial charge in [0.1, 0.15) is 12.3 Å². The van der Waals surface area contributed by atoms with Crippen LogP contribution in [-0.2, 0) is 6.61 Å². The molecule has 7 heteroatoms. The van der Waals surface area contributed by atoms with Crippen LogP contribution in [0.15, 0.2) is 41.3 Å². The Morgan fingerprint density at radius 2 is 1.95 bits per heavy atom. The highest BCUT2D eigenvalue weighted by atomic mass is 79.9. The second-order valence-electron chi connectivity index (χ2n) is 4.92. The van der Waals surface area contributed by atoms with Gasteiger partial charge in [-0.3, -0.25) is 0 Å². The zero-order chi connectivity index (χ0) is 15.5. The minimum Gasteiger partial charge on any atom is -0.457 e. The van der Waals surface area contributed by atoms with E-state index in [1.165, 1.54) is 0 Å². The van der Waals surface area contributed by atoms with Gasteiger partial charge in [0.2, 0.25) is 0 Å². The summed E-state index contributed by atoms with van der Waals surface area (Å²) in [5.41, 5.74) is 3.79. The number of hydrogen-bond donors (Lipinski definition) is 0. The molecule has 1 aromatic carbocycles. The van der Waals surface area contributed by atoms with Crippen LogP contribution in [0.1, 0.15) is 16.8 Å². The number of nitrogens with zero attached hydrogens (tertiary/aromatic N) is 5. The van der Waals surface area contributed by atoms with Gasteiger partial charge >= 0.3 is 6.01 Å². The van der Waals surface area contributed by atoms with Gasteiger partial charge < -0.3 is 4.74 Å². The van der Waals surface area contributed by atoms with E-state index in [4.69, 9.17) is 4.74 Å². The number of ether oxygens (including phenoxy) is 1. The highest BCUT2D eigenvalue weighted by Gasteiger charge is 2.06. The average Bonchev–Trinajstić information content (AvgIpc) is 2.98. The van der Waals surface area contributed by atoms with Crippen molar-refractivity contribution >= 4 is 15.9 Å². The Morgan fingerprint density at radius 3 is 2.68 bits per heavy atom. The van der Waals surface area contributed by atoms with Crippen LogP contribution in [-0.4, -0.2) is 25.0 Å². The van der Waals surface area contributed by atoms with E-state index >= 15 is 0 Å². The third-order valence-corrected chi connectivity index (χ3v) is 3.94. The predicted octanol–water partition coefficient (Wildman–Crippen LogP) is 3.02. The third-order valence-electron chi connectivity index (χ3n) is 3.05. The quantitative estimate of drug-likeness (QED) is 0.716. The Balaban J connectivity index is 1.70. The monoisotopic (exact) mass is 359 g/mol. The summed E-state index contributed by atoms with van der Waals surface area (Å²) in [5.74, 6) is 0. The second-order valence-corrected chi connectivity index (χ2v) is 5.77. The summed E-state index contributed by atoms with van der Waals surface area (Å²) in [5, 5.41) is 8.21. The van der Waals surface area contributed by atoms with Crippen molar-refractivity contribution < 1.29 is 4.74 Å². The number of halogens is 1. The van der Waals surface area contributed by atoms with Crippen LogP contribution in [0.2, 0.25) is 0 Å². The van der Waals surface area contributed by atoms with Crippen molar-refractivity contribution in [2.45, 2.75) is 20.5 Å². The minimum atomic E-state index is 0.276. The van der Waals surface area contributed by atoms with E-state index in [1.54, 1.807) is 17.1 Å². The molecule has 6 nitrogen and oxygen atoms in total. The lowest BCUT2D eigenvalue weighted by Gasteiger charge is -2.03. The fourth-order valence-electron chi connectivity index (χ4n) is 1.86. The molecule has 0 fully saturated rings. The Labute approximate surface area is 136 Å². The topological polar surface area (TPSA) is 65.7 Å². The summed E-state index contributed by atoms with van der Waals surface area (Å²) in [4.78, 5) is 8.17. The molecule has 22 heavy (non-hydrogen) atoms. The zero-order valence-corrected chi connectivity index (χ0v) is 13.8. The van der Waals surface area contributed by atoms with E-state index in [1.807, 2.05) is 38.2 Å². The van der Waals surface area contributed by atoms with E-state index in [0.717, 1.165) is 21.3 Å². The Kier molecular flexibility index (Phi) is 4.15. The SMILES string of the molecule is Cc1cnc(OCc2cn(-c3ccc(Br)c(C)c3)nn2)nc1. The van der Waals surface area contributed by atoms with Crippen molar-refractivity contribution in [3.63, 3.8) is 0 Å². The molecule has 2 aromatic heterocycles. The lowest BCUT2D eigenvalue weighted by molar-refractivity contribution is 0.276. The highest BCUT2D eigenvalue weighted by Crippen LogP contribution is 2.19. The van der Waals surface area contributed by atoms with Gasteiger partial charge in [-0.2, -0.15) is 0 Å². The molecule has 0 N–H and O–H groups in total. The maximum atomic E-state index is 5.49. The Bertz CT molecular complexity index is 785. The Morgan fingerprint density at radius 1 is 1.18 bits per heavy atom. The number of aryl methyl sites for hydroxylation is 2. The number of benzene rings is 1. The molecule has 112 valence electrons. The van der Waals surface area contributed by atoms with E-state index in [0.29, 0.717) is 11.7 Å². The lowest BCUT2D eigenvalue weighted by Crippen LogP contribution is -1.99. The van der Waals surface area contributed by atoms with E-state index < -0.39 is 0 Å². The molecule has 0 radical (unpaired) electrons. The second kappa shape index (κ2) is 6.23. The molecule has 0 atom stereocenters. The van der Waals surface area contributed by atoms with Crippen molar-refractivity contribution in [1.29, 1.82) is 0 Å². The summed E-state index contributed by atoms with van der Waals surface area (Å²) < 4.78 is 8.28. The molecule has 0 aliphatic rings. The Hall–Kier alpha value is -2.28. The largest absolute Gasteiger partial charge is 0.457 e. The fraction of sp³-hybridized carbons (Fsp3) is 0.200.